The van der Waals surface area contributed by atoms with Crippen LogP contribution in [0.4, 0.5) is 0 Å². The fourth-order valence-electron chi connectivity index (χ4n) is 3.23. The summed E-state index contributed by atoms with van der Waals surface area (Å²) in [7, 11) is 1.49. The van der Waals surface area contributed by atoms with Gasteiger partial charge in [0.1, 0.15) is 23.0 Å². The van der Waals surface area contributed by atoms with Gasteiger partial charge in [0.2, 0.25) is 0 Å². The Balaban J connectivity index is 2.05. The average molecular weight is 366 g/mol. The second kappa shape index (κ2) is 7.50. The van der Waals surface area contributed by atoms with Crippen LogP contribution in [0.3, 0.4) is 0 Å². The van der Waals surface area contributed by atoms with Crippen LogP contribution in [-0.2, 0) is 19.3 Å². The smallest absolute Gasteiger partial charge is 0.161 e. The van der Waals surface area contributed by atoms with Crippen LogP contribution in [0.2, 0.25) is 0 Å². The maximum Gasteiger partial charge on any atom is 0.161 e. The van der Waals surface area contributed by atoms with Crippen LogP contribution < -0.4 is 9.47 Å². The first-order chi connectivity index (χ1) is 13.0. The highest BCUT2D eigenvalue weighted by molar-refractivity contribution is 5.73. The predicted molar refractivity (Wildman–Crippen MR) is 105 cm³/mol. The number of benzene rings is 2. The fourth-order valence-corrected chi connectivity index (χ4v) is 3.23. The second-order valence-corrected chi connectivity index (χ2v) is 6.20. The zero-order valence-electron chi connectivity index (χ0n) is 15.2. The molecule has 0 fully saturated rings. The minimum atomic E-state index is -0.0451. The maximum atomic E-state index is 10.5. The third kappa shape index (κ3) is 3.24. The van der Waals surface area contributed by atoms with E-state index in [0.717, 1.165) is 0 Å². The molecule has 0 saturated carbocycles. The molecule has 0 aromatic heterocycles. The van der Waals surface area contributed by atoms with Crippen LogP contribution in [0.15, 0.2) is 49.6 Å². The molecule has 0 spiro atoms. The summed E-state index contributed by atoms with van der Waals surface area (Å²) in [5.74, 6) is 1.30. The largest absolute Gasteiger partial charge is 0.507 e. The summed E-state index contributed by atoms with van der Waals surface area (Å²) in [4.78, 5) is 0. The van der Waals surface area contributed by atoms with E-state index in [4.69, 9.17) is 9.47 Å². The summed E-state index contributed by atoms with van der Waals surface area (Å²) in [6, 6.07) is 4.97. The van der Waals surface area contributed by atoms with Gasteiger partial charge < -0.3 is 24.8 Å². The SMILES string of the molecule is C=CCc1c(O)cc2c(c1O)CC=C(c1ccc(OC)c(O)c1CC=C)O2. The van der Waals surface area contributed by atoms with Crippen LogP contribution in [0, 0.1) is 0 Å². The molecule has 0 aliphatic carbocycles. The lowest BCUT2D eigenvalue weighted by Gasteiger charge is -2.23. The van der Waals surface area contributed by atoms with Crippen LogP contribution in [-0.4, -0.2) is 22.4 Å². The van der Waals surface area contributed by atoms with E-state index >= 15 is 0 Å². The van der Waals surface area contributed by atoms with Crippen molar-refractivity contribution in [3.8, 4) is 28.7 Å². The molecule has 0 amide bonds. The standard InChI is InChI=1S/C22H22O5/c1-4-6-14-13(8-11-19(26-3)22(14)25)18-10-9-16-20(27-18)12-17(23)15(7-5-2)21(16)24/h4-5,8,10-12,23-25H,1-2,6-7,9H2,3H3. The van der Waals surface area contributed by atoms with Gasteiger partial charge in [0.25, 0.3) is 0 Å². The Bertz CT molecular complexity index is 940. The van der Waals surface area contributed by atoms with Crippen LogP contribution in [0.5, 0.6) is 28.7 Å². The third-order valence-corrected chi connectivity index (χ3v) is 4.59. The number of allylic oxidation sites excluding steroid dienone is 3. The monoisotopic (exact) mass is 366 g/mol. The Morgan fingerprint density at radius 1 is 1.07 bits per heavy atom. The summed E-state index contributed by atoms with van der Waals surface area (Å²) >= 11 is 0. The lowest BCUT2D eigenvalue weighted by molar-refractivity contribution is 0.370. The van der Waals surface area contributed by atoms with E-state index in [0.29, 0.717) is 58.8 Å². The van der Waals surface area contributed by atoms with Crippen molar-refractivity contribution in [3.63, 3.8) is 0 Å². The number of phenols is 3. The van der Waals surface area contributed by atoms with Gasteiger partial charge in [0.15, 0.2) is 11.5 Å². The fraction of sp³-hybridized carbons (Fsp3) is 0.182. The molecule has 0 unspecified atom stereocenters. The van der Waals surface area contributed by atoms with Gasteiger partial charge in [0.05, 0.1) is 7.11 Å². The van der Waals surface area contributed by atoms with E-state index in [1.165, 1.54) is 13.2 Å². The van der Waals surface area contributed by atoms with Gasteiger partial charge in [-0.25, -0.2) is 0 Å². The van der Waals surface area contributed by atoms with Crippen molar-refractivity contribution >= 4 is 5.76 Å². The van der Waals surface area contributed by atoms with E-state index < -0.39 is 0 Å². The van der Waals surface area contributed by atoms with E-state index in [9.17, 15) is 15.3 Å². The lowest BCUT2D eigenvalue weighted by atomic mass is 9.96. The van der Waals surface area contributed by atoms with Gasteiger partial charge in [-0.05, 0) is 31.1 Å². The molecule has 140 valence electrons. The molecule has 0 bridgehead atoms. The molecule has 0 radical (unpaired) electrons. The summed E-state index contributed by atoms with van der Waals surface area (Å²) in [6.45, 7) is 7.38. The van der Waals surface area contributed by atoms with Crippen molar-refractivity contribution < 1.29 is 24.8 Å². The molecule has 27 heavy (non-hydrogen) atoms. The average Bonchev–Trinajstić information content (AvgIpc) is 2.66. The van der Waals surface area contributed by atoms with Gasteiger partial charge >= 0.3 is 0 Å². The molecule has 5 heteroatoms. The number of hydrogen-bond donors (Lipinski definition) is 3. The maximum absolute atomic E-state index is 10.5. The first-order valence-corrected chi connectivity index (χ1v) is 8.57. The van der Waals surface area contributed by atoms with Crippen molar-refractivity contribution in [1.82, 2.24) is 0 Å². The van der Waals surface area contributed by atoms with E-state index in [1.54, 1.807) is 24.3 Å². The normalized spacial score (nSPS) is 12.6. The van der Waals surface area contributed by atoms with E-state index in [1.807, 2.05) is 6.08 Å². The van der Waals surface area contributed by atoms with Crippen LogP contribution in [0.25, 0.3) is 5.76 Å². The van der Waals surface area contributed by atoms with Gasteiger partial charge in [-0.1, -0.05) is 12.2 Å². The number of ether oxygens (including phenoxy) is 2. The molecular formula is C22H22O5. The summed E-state index contributed by atoms with van der Waals surface area (Å²) in [5.41, 5.74) is 2.37. The molecular weight excluding hydrogens is 344 g/mol. The van der Waals surface area contributed by atoms with Crippen molar-refractivity contribution in [1.29, 1.82) is 0 Å². The Morgan fingerprint density at radius 2 is 1.78 bits per heavy atom. The highest BCUT2D eigenvalue weighted by Gasteiger charge is 2.24. The van der Waals surface area contributed by atoms with Crippen molar-refractivity contribution in [2.75, 3.05) is 7.11 Å². The summed E-state index contributed by atoms with van der Waals surface area (Å²) < 4.78 is 11.1. The Hall–Kier alpha value is -3.34. The molecule has 3 N–H and O–H groups in total. The molecule has 1 heterocycles. The summed E-state index contributed by atoms with van der Waals surface area (Å²) in [5, 5.41) is 31.1. The lowest BCUT2D eigenvalue weighted by Crippen LogP contribution is -2.07. The minimum absolute atomic E-state index is 0.0177. The zero-order chi connectivity index (χ0) is 19.6. The molecule has 2 aromatic carbocycles. The first kappa shape index (κ1) is 18.5. The number of fused-ring (bicyclic) bond motifs is 1. The molecule has 0 atom stereocenters. The molecule has 2 aromatic rings. The van der Waals surface area contributed by atoms with Crippen molar-refractivity contribution in [3.05, 3.63) is 71.8 Å². The van der Waals surface area contributed by atoms with Crippen molar-refractivity contribution in [2.45, 2.75) is 19.3 Å². The minimum Gasteiger partial charge on any atom is -0.507 e. The molecule has 1 aliphatic rings. The van der Waals surface area contributed by atoms with E-state index in [-0.39, 0.29) is 17.2 Å². The van der Waals surface area contributed by atoms with Crippen LogP contribution in [0.1, 0.15) is 22.3 Å². The quantitative estimate of drug-likeness (QED) is 0.666. The highest BCUT2D eigenvalue weighted by Crippen LogP contribution is 2.44. The van der Waals surface area contributed by atoms with Crippen molar-refractivity contribution in [2.24, 2.45) is 0 Å². The predicted octanol–water partition coefficient (Wildman–Crippen LogP) is 4.25. The number of rotatable bonds is 6. The highest BCUT2D eigenvalue weighted by atomic mass is 16.5. The number of methoxy groups -OCH3 is 1. The first-order valence-electron chi connectivity index (χ1n) is 8.57. The molecule has 1 aliphatic heterocycles. The van der Waals surface area contributed by atoms with Gasteiger partial charge in [-0.3, -0.25) is 0 Å². The van der Waals surface area contributed by atoms with Gasteiger partial charge in [0, 0.05) is 34.7 Å². The van der Waals surface area contributed by atoms with Gasteiger partial charge in [-0.2, -0.15) is 0 Å². The second-order valence-electron chi connectivity index (χ2n) is 6.20. The van der Waals surface area contributed by atoms with Crippen LogP contribution >= 0.6 is 0 Å². The van der Waals surface area contributed by atoms with E-state index in [2.05, 4.69) is 13.2 Å². The number of phenolic OH excluding ortho intramolecular Hbond substituents is 3. The van der Waals surface area contributed by atoms with Gasteiger partial charge in [-0.15, -0.1) is 13.2 Å². The number of hydrogen-bond acceptors (Lipinski definition) is 5. The zero-order valence-corrected chi connectivity index (χ0v) is 15.2. The summed E-state index contributed by atoms with van der Waals surface area (Å²) in [6.07, 6.45) is 6.37. The Kier molecular flexibility index (Phi) is 5.12. The number of aromatic hydroxyl groups is 3. The topological polar surface area (TPSA) is 79.2 Å². The molecule has 0 saturated heterocycles. The Morgan fingerprint density at radius 3 is 2.44 bits per heavy atom. The third-order valence-electron chi connectivity index (χ3n) is 4.59. The molecule has 3 rings (SSSR count). The Labute approximate surface area is 158 Å². The molecule has 5 nitrogen and oxygen atoms in total.